The van der Waals surface area contributed by atoms with Gasteiger partial charge in [-0.3, -0.25) is 0 Å². The Bertz CT molecular complexity index is 1720. The van der Waals surface area contributed by atoms with Gasteiger partial charge in [0.2, 0.25) is 6.71 Å². The molecular weight excluding hydrogens is 635 g/mol. The molecule has 0 saturated carbocycles. The molecule has 0 amide bonds. The third-order valence-electron chi connectivity index (χ3n) is 8.58. The largest absolute Gasteiger partial charge is 0.242 e. The first-order valence-corrected chi connectivity index (χ1v) is 18.3. The third-order valence-corrected chi connectivity index (χ3v) is 11.6. The van der Waals surface area contributed by atoms with Crippen molar-refractivity contribution in [2.24, 2.45) is 0 Å². The van der Waals surface area contributed by atoms with Gasteiger partial charge >= 0.3 is 0 Å². The number of aryl methyl sites for hydroxylation is 7. The number of hydrogen-bond donors (Lipinski definition) is 0. The van der Waals surface area contributed by atoms with Crippen molar-refractivity contribution < 1.29 is 0 Å². The number of thiophene rings is 2. The Balaban J connectivity index is 1.46. The van der Waals surface area contributed by atoms with E-state index in [9.17, 15) is 0 Å². The van der Waals surface area contributed by atoms with Gasteiger partial charge in [-0.15, -0.1) is 22.7 Å². The third kappa shape index (κ3) is 7.34. The fourth-order valence-electron chi connectivity index (χ4n) is 6.70. The molecule has 0 spiro atoms. The van der Waals surface area contributed by atoms with Gasteiger partial charge in [-0.1, -0.05) is 124 Å². The lowest BCUT2D eigenvalue weighted by atomic mass is 9.34. The zero-order chi connectivity index (χ0) is 31.4. The summed E-state index contributed by atoms with van der Waals surface area (Å²) in [6.45, 7) is 15.9. The number of benzene rings is 3. The van der Waals surface area contributed by atoms with Crippen molar-refractivity contribution in [1.29, 1.82) is 0 Å². The van der Waals surface area contributed by atoms with Crippen LogP contribution in [0.3, 0.4) is 0 Å². The van der Waals surface area contributed by atoms with E-state index in [0.29, 0.717) is 0 Å². The molecule has 0 N–H and O–H groups in total. The lowest BCUT2D eigenvalue weighted by molar-refractivity contribution is 0.667. The summed E-state index contributed by atoms with van der Waals surface area (Å²) in [5.41, 5.74) is 15.8. The van der Waals surface area contributed by atoms with Crippen molar-refractivity contribution >= 4 is 61.7 Å². The van der Waals surface area contributed by atoms with E-state index in [0.717, 1.165) is 17.5 Å². The Kier molecular flexibility index (Phi) is 10.7. The highest BCUT2D eigenvalue weighted by Gasteiger charge is 2.28. The molecule has 3 aromatic carbocycles. The number of rotatable bonds is 9. The summed E-state index contributed by atoms with van der Waals surface area (Å²) >= 11 is 7.46. The fourth-order valence-corrected chi connectivity index (χ4v) is 9.45. The molecule has 0 radical (unpaired) electrons. The van der Waals surface area contributed by atoms with Crippen LogP contribution in [0.5, 0.6) is 0 Å². The normalized spacial score (nSPS) is 11.0. The van der Waals surface area contributed by atoms with E-state index in [4.69, 9.17) is 0 Å². The molecule has 224 valence electrons. The fraction of sp³-hybridized carbons (Fsp3) is 0.300. The van der Waals surface area contributed by atoms with Gasteiger partial charge in [-0.2, -0.15) is 0 Å². The summed E-state index contributed by atoms with van der Waals surface area (Å²) in [6, 6.07) is 22.8. The summed E-state index contributed by atoms with van der Waals surface area (Å²) < 4.78 is 1.26. The second-order valence-electron chi connectivity index (χ2n) is 12.3. The molecule has 0 bridgehead atoms. The van der Waals surface area contributed by atoms with Crippen molar-refractivity contribution in [3.05, 3.63) is 120 Å². The van der Waals surface area contributed by atoms with E-state index >= 15 is 0 Å². The average Bonchev–Trinajstić information content (AvgIpc) is 3.59. The molecule has 0 nitrogen and oxygen atoms in total. The van der Waals surface area contributed by atoms with Gasteiger partial charge in [0, 0.05) is 16.0 Å². The Morgan fingerprint density at radius 1 is 0.705 bits per heavy atom. The molecule has 5 aromatic rings. The molecule has 0 aliphatic heterocycles. The van der Waals surface area contributed by atoms with Crippen molar-refractivity contribution in [2.75, 3.05) is 0 Å². The minimum atomic E-state index is 0.176. The molecule has 2 aromatic heterocycles. The van der Waals surface area contributed by atoms with Gasteiger partial charge in [-0.25, -0.2) is 0 Å². The Morgan fingerprint density at radius 3 is 1.86 bits per heavy atom. The molecule has 0 saturated heterocycles. The van der Waals surface area contributed by atoms with Gasteiger partial charge < -0.3 is 0 Å². The molecule has 0 unspecified atom stereocenters. The van der Waals surface area contributed by atoms with Crippen LogP contribution in [0.15, 0.2) is 69.8 Å². The topological polar surface area (TPSA) is 0 Å². The minimum absolute atomic E-state index is 0.176. The first-order chi connectivity index (χ1) is 21.2. The smallest absolute Gasteiger partial charge is 0.142 e. The SMILES string of the molecule is CCCCCCc1cc(-c2sccc2C#Cc2ccc(B(c3c(C)cc(C)cc3C)c3c(C)cc(C)cc3C)cc2)sc1Br. The first-order valence-electron chi connectivity index (χ1n) is 15.8. The zero-order valence-electron chi connectivity index (χ0n) is 27.2. The highest BCUT2D eigenvalue weighted by atomic mass is 79.9. The van der Waals surface area contributed by atoms with Crippen molar-refractivity contribution in [1.82, 2.24) is 0 Å². The van der Waals surface area contributed by atoms with Crippen molar-refractivity contribution in [3.63, 3.8) is 0 Å². The zero-order valence-corrected chi connectivity index (χ0v) is 30.4. The summed E-state index contributed by atoms with van der Waals surface area (Å²) in [5, 5.41) is 2.17. The molecule has 5 rings (SSSR count). The number of halogens is 1. The maximum absolute atomic E-state index is 3.84. The van der Waals surface area contributed by atoms with Crippen LogP contribution in [0.2, 0.25) is 0 Å². The van der Waals surface area contributed by atoms with E-state index in [-0.39, 0.29) is 6.71 Å². The van der Waals surface area contributed by atoms with E-state index in [1.54, 1.807) is 11.3 Å². The van der Waals surface area contributed by atoms with Crippen LogP contribution in [0, 0.1) is 53.4 Å². The van der Waals surface area contributed by atoms with E-state index in [1.807, 2.05) is 11.3 Å². The van der Waals surface area contributed by atoms with E-state index < -0.39 is 0 Å². The van der Waals surface area contributed by atoms with E-state index in [2.05, 4.69) is 142 Å². The monoisotopic (exact) mass is 676 g/mol. The molecule has 0 aliphatic carbocycles. The van der Waals surface area contributed by atoms with Crippen LogP contribution >= 0.6 is 38.6 Å². The second kappa shape index (κ2) is 14.5. The first kappa shape index (κ1) is 32.6. The van der Waals surface area contributed by atoms with Crippen LogP contribution in [0.4, 0.5) is 0 Å². The predicted molar refractivity (Wildman–Crippen MR) is 202 cm³/mol. The Labute approximate surface area is 282 Å². The molecule has 0 fully saturated rings. The van der Waals surface area contributed by atoms with Gasteiger partial charge in [0.1, 0.15) is 0 Å². The summed E-state index contributed by atoms with van der Waals surface area (Å²) in [4.78, 5) is 2.59. The van der Waals surface area contributed by atoms with Gasteiger partial charge in [0.05, 0.1) is 8.66 Å². The minimum Gasteiger partial charge on any atom is -0.142 e. The quantitative estimate of drug-likeness (QED) is 0.0828. The van der Waals surface area contributed by atoms with Crippen LogP contribution in [0.25, 0.3) is 9.75 Å². The molecule has 4 heteroatoms. The average molecular weight is 678 g/mol. The molecule has 44 heavy (non-hydrogen) atoms. The highest BCUT2D eigenvalue weighted by molar-refractivity contribution is 9.11. The summed E-state index contributed by atoms with van der Waals surface area (Å²) in [7, 11) is 0. The molecule has 0 atom stereocenters. The molecular formula is C40H42BBrS2. The standard InChI is InChI=1S/C40H42BBrS2/c1-8-9-10-11-12-34-25-36(44-40(34)42)39-33(19-20-43-39)16-13-32-14-17-35(18-15-32)41(37-28(4)21-26(2)22-29(37)5)38-30(6)23-27(3)24-31(38)7/h14-15,17-25H,8-12H2,1-7H3. The maximum Gasteiger partial charge on any atom is 0.242 e. The summed E-state index contributed by atoms with van der Waals surface area (Å²) in [5.74, 6) is 6.99. The maximum atomic E-state index is 3.84. The van der Waals surface area contributed by atoms with Crippen LogP contribution < -0.4 is 16.4 Å². The number of unbranched alkanes of at least 4 members (excludes halogenated alkanes) is 3. The van der Waals surface area contributed by atoms with Crippen molar-refractivity contribution in [2.45, 2.75) is 80.6 Å². The lowest BCUT2D eigenvalue weighted by Gasteiger charge is -2.24. The Morgan fingerprint density at radius 2 is 1.30 bits per heavy atom. The number of hydrogen-bond acceptors (Lipinski definition) is 2. The van der Waals surface area contributed by atoms with E-state index in [1.165, 1.54) is 94.6 Å². The lowest BCUT2D eigenvalue weighted by Crippen LogP contribution is -2.55. The van der Waals surface area contributed by atoms with Crippen LogP contribution in [-0.2, 0) is 6.42 Å². The molecule has 2 heterocycles. The predicted octanol–water partition coefficient (Wildman–Crippen LogP) is 10.1. The second-order valence-corrected chi connectivity index (χ2v) is 15.6. The highest BCUT2D eigenvalue weighted by Crippen LogP contribution is 2.39. The van der Waals surface area contributed by atoms with Gasteiger partial charge in [-0.05, 0) is 106 Å². The van der Waals surface area contributed by atoms with Crippen LogP contribution in [0.1, 0.15) is 82.7 Å². The van der Waals surface area contributed by atoms with Gasteiger partial charge in [0.15, 0.2) is 0 Å². The van der Waals surface area contributed by atoms with Crippen molar-refractivity contribution in [3.8, 4) is 21.6 Å². The van der Waals surface area contributed by atoms with Crippen LogP contribution in [-0.4, -0.2) is 6.71 Å². The Hall–Kier alpha value is -2.84. The summed E-state index contributed by atoms with van der Waals surface area (Å²) in [6.07, 6.45) is 6.28. The molecule has 0 aliphatic rings. The van der Waals surface area contributed by atoms with Gasteiger partial charge in [0.25, 0.3) is 0 Å².